The summed E-state index contributed by atoms with van der Waals surface area (Å²) >= 11 is 0. The molecule has 12 heavy (non-hydrogen) atoms. The number of benzene rings is 1. The van der Waals surface area contributed by atoms with E-state index in [1.165, 1.54) is 0 Å². The molecule has 0 radical (unpaired) electrons. The van der Waals surface area contributed by atoms with Crippen molar-refractivity contribution in [1.82, 2.24) is 0 Å². The van der Waals surface area contributed by atoms with Crippen LogP contribution in [0.5, 0.6) is 0 Å². The molecule has 4 N–H and O–H groups in total. The largest absolute Gasteiger partial charge is 0.392 e. The molecule has 0 aliphatic heterocycles. The standard InChI is InChI=1S/C9H14N2O/c10-5-6-11-9-4-2-1-3-8(9)7-12/h1-4,11-12H,5-7,10H2. The summed E-state index contributed by atoms with van der Waals surface area (Å²) in [4.78, 5) is 0. The van der Waals surface area contributed by atoms with E-state index in [-0.39, 0.29) is 6.61 Å². The van der Waals surface area contributed by atoms with Crippen LogP contribution in [-0.4, -0.2) is 18.2 Å². The lowest BCUT2D eigenvalue weighted by atomic mass is 10.2. The highest BCUT2D eigenvalue weighted by Gasteiger charge is 1.97. The fourth-order valence-electron chi connectivity index (χ4n) is 1.04. The Morgan fingerprint density at radius 3 is 2.75 bits per heavy atom. The van der Waals surface area contributed by atoms with Crippen LogP contribution >= 0.6 is 0 Å². The van der Waals surface area contributed by atoms with Gasteiger partial charge < -0.3 is 16.2 Å². The molecule has 0 unspecified atom stereocenters. The molecule has 3 nitrogen and oxygen atoms in total. The Kier molecular flexibility index (Phi) is 3.57. The summed E-state index contributed by atoms with van der Waals surface area (Å²) in [6.45, 7) is 1.39. The van der Waals surface area contributed by atoms with E-state index in [0.29, 0.717) is 6.54 Å². The monoisotopic (exact) mass is 166 g/mol. The molecule has 66 valence electrons. The lowest BCUT2D eigenvalue weighted by Crippen LogP contribution is -2.14. The minimum atomic E-state index is 0.0632. The number of hydrogen-bond donors (Lipinski definition) is 3. The molecule has 0 amide bonds. The van der Waals surface area contributed by atoms with Gasteiger partial charge in [0.15, 0.2) is 0 Å². The zero-order chi connectivity index (χ0) is 8.81. The van der Waals surface area contributed by atoms with Gasteiger partial charge in [-0.2, -0.15) is 0 Å². The minimum absolute atomic E-state index is 0.0632. The zero-order valence-corrected chi connectivity index (χ0v) is 6.96. The Morgan fingerprint density at radius 2 is 2.08 bits per heavy atom. The normalized spacial score (nSPS) is 9.83. The van der Waals surface area contributed by atoms with Crippen LogP contribution in [0.1, 0.15) is 5.56 Å². The molecule has 0 bridgehead atoms. The first kappa shape index (κ1) is 9.03. The van der Waals surface area contributed by atoms with Gasteiger partial charge in [-0.15, -0.1) is 0 Å². The zero-order valence-electron chi connectivity index (χ0n) is 6.96. The summed E-state index contributed by atoms with van der Waals surface area (Å²) < 4.78 is 0. The second kappa shape index (κ2) is 4.74. The SMILES string of the molecule is NCCNc1ccccc1CO. The molecule has 1 rings (SSSR count). The van der Waals surface area contributed by atoms with Gasteiger partial charge in [-0.05, 0) is 6.07 Å². The number of para-hydroxylation sites is 1. The lowest BCUT2D eigenvalue weighted by molar-refractivity contribution is 0.282. The molecule has 3 heteroatoms. The fourth-order valence-corrected chi connectivity index (χ4v) is 1.04. The second-order valence-electron chi connectivity index (χ2n) is 2.53. The van der Waals surface area contributed by atoms with Crippen molar-refractivity contribution in [2.24, 2.45) is 5.73 Å². The van der Waals surface area contributed by atoms with Crippen LogP contribution < -0.4 is 11.1 Å². The Hall–Kier alpha value is -1.06. The third kappa shape index (κ3) is 2.22. The Bertz CT molecular complexity index is 238. The highest BCUT2D eigenvalue weighted by atomic mass is 16.3. The third-order valence-corrected chi connectivity index (χ3v) is 1.65. The van der Waals surface area contributed by atoms with Crippen molar-refractivity contribution >= 4 is 5.69 Å². The van der Waals surface area contributed by atoms with Crippen molar-refractivity contribution < 1.29 is 5.11 Å². The molecule has 1 aromatic carbocycles. The van der Waals surface area contributed by atoms with E-state index in [1.807, 2.05) is 24.3 Å². The first-order valence-electron chi connectivity index (χ1n) is 4.01. The third-order valence-electron chi connectivity index (χ3n) is 1.65. The molecule has 0 fully saturated rings. The van der Waals surface area contributed by atoms with Crippen molar-refractivity contribution in [3.05, 3.63) is 29.8 Å². The summed E-state index contributed by atoms with van der Waals surface area (Å²) in [5, 5.41) is 12.1. The van der Waals surface area contributed by atoms with Crippen molar-refractivity contribution in [2.45, 2.75) is 6.61 Å². The van der Waals surface area contributed by atoms with Gasteiger partial charge in [0.2, 0.25) is 0 Å². The smallest absolute Gasteiger partial charge is 0.0701 e. The number of aliphatic hydroxyl groups excluding tert-OH is 1. The van der Waals surface area contributed by atoms with Gasteiger partial charge >= 0.3 is 0 Å². The molecule has 0 atom stereocenters. The summed E-state index contributed by atoms with van der Waals surface area (Å²) in [5.74, 6) is 0. The van der Waals surface area contributed by atoms with Gasteiger partial charge in [-0.3, -0.25) is 0 Å². The number of nitrogens with two attached hydrogens (primary N) is 1. The van der Waals surface area contributed by atoms with Gasteiger partial charge in [-0.1, -0.05) is 18.2 Å². The van der Waals surface area contributed by atoms with Gasteiger partial charge in [0, 0.05) is 24.3 Å². The van der Waals surface area contributed by atoms with E-state index in [1.54, 1.807) is 0 Å². The minimum Gasteiger partial charge on any atom is -0.392 e. The van der Waals surface area contributed by atoms with Crippen molar-refractivity contribution in [1.29, 1.82) is 0 Å². The lowest BCUT2D eigenvalue weighted by Gasteiger charge is -2.08. The van der Waals surface area contributed by atoms with Crippen LogP contribution in [0.2, 0.25) is 0 Å². The van der Waals surface area contributed by atoms with Crippen molar-refractivity contribution in [2.75, 3.05) is 18.4 Å². The Labute approximate surface area is 72.2 Å². The summed E-state index contributed by atoms with van der Waals surface area (Å²) in [5.41, 5.74) is 7.21. The average Bonchev–Trinajstić information content (AvgIpc) is 2.15. The summed E-state index contributed by atoms with van der Waals surface area (Å²) in [6, 6.07) is 7.65. The first-order chi connectivity index (χ1) is 5.88. The predicted molar refractivity (Wildman–Crippen MR) is 49.9 cm³/mol. The first-order valence-corrected chi connectivity index (χ1v) is 4.01. The summed E-state index contributed by atoms with van der Waals surface area (Å²) in [7, 11) is 0. The van der Waals surface area contributed by atoms with E-state index < -0.39 is 0 Å². The van der Waals surface area contributed by atoms with Crippen molar-refractivity contribution in [3.8, 4) is 0 Å². The van der Waals surface area contributed by atoms with E-state index in [0.717, 1.165) is 17.8 Å². The summed E-state index contributed by atoms with van der Waals surface area (Å²) in [6.07, 6.45) is 0. The molecule has 0 spiro atoms. The molecule has 0 saturated carbocycles. The molecule has 0 saturated heterocycles. The molecular formula is C9H14N2O. The van der Waals surface area contributed by atoms with Crippen LogP contribution in [0.15, 0.2) is 24.3 Å². The molecule has 0 aliphatic rings. The number of aliphatic hydroxyl groups is 1. The number of rotatable bonds is 4. The molecule has 0 aliphatic carbocycles. The maximum absolute atomic E-state index is 8.95. The fraction of sp³-hybridized carbons (Fsp3) is 0.333. The van der Waals surface area contributed by atoms with Crippen LogP contribution in [-0.2, 0) is 6.61 Å². The molecule has 1 aromatic rings. The molecule has 0 heterocycles. The van der Waals surface area contributed by atoms with Crippen LogP contribution in [0.4, 0.5) is 5.69 Å². The van der Waals surface area contributed by atoms with Crippen molar-refractivity contribution in [3.63, 3.8) is 0 Å². The maximum atomic E-state index is 8.95. The maximum Gasteiger partial charge on any atom is 0.0701 e. The number of nitrogens with one attached hydrogen (secondary N) is 1. The van der Waals surface area contributed by atoms with Crippen LogP contribution in [0.25, 0.3) is 0 Å². The number of anilines is 1. The van der Waals surface area contributed by atoms with Gasteiger partial charge in [0.05, 0.1) is 6.61 Å². The Balaban J connectivity index is 2.68. The van der Waals surface area contributed by atoms with E-state index in [4.69, 9.17) is 10.8 Å². The second-order valence-corrected chi connectivity index (χ2v) is 2.53. The van der Waals surface area contributed by atoms with E-state index in [2.05, 4.69) is 5.32 Å². The highest BCUT2D eigenvalue weighted by Crippen LogP contribution is 2.13. The van der Waals surface area contributed by atoms with E-state index in [9.17, 15) is 0 Å². The van der Waals surface area contributed by atoms with Crippen LogP contribution in [0, 0.1) is 0 Å². The Morgan fingerprint density at radius 1 is 1.33 bits per heavy atom. The van der Waals surface area contributed by atoms with Crippen LogP contribution in [0.3, 0.4) is 0 Å². The number of hydrogen-bond acceptors (Lipinski definition) is 3. The highest BCUT2D eigenvalue weighted by molar-refractivity contribution is 5.50. The van der Waals surface area contributed by atoms with Gasteiger partial charge in [0.25, 0.3) is 0 Å². The average molecular weight is 166 g/mol. The predicted octanol–water partition coefficient (Wildman–Crippen LogP) is 0.549. The topological polar surface area (TPSA) is 58.3 Å². The quantitative estimate of drug-likeness (QED) is 0.612. The van der Waals surface area contributed by atoms with Gasteiger partial charge in [0.1, 0.15) is 0 Å². The van der Waals surface area contributed by atoms with E-state index >= 15 is 0 Å². The van der Waals surface area contributed by atoms with Gasteiger partial charge in [-0.25, -0.2) is 0 Å². The molecule has 0 aromatic heterocycles. The molecular weight excluding hydrogens is 152 g/mol.